The van der Waals surface area contributed by atoms with Gasteiger partial charge in [-0.3, -0.25) is 0 Å². The van der Waals surface area contributed by atoms with Gasteiger partial charge >= 0.3 is 6.09 Å². The van der Waals surface area contributed by atoms with Crippen molar-refractivity contribution in [3.05, 3.63) is 109 Å². The van der Waals surface area contributed by atoms with Crippen LogP contribution in [0.3, 0.4) is 0 Å². The van der Waals surface area contributed by atoms with Gasteiger partial charge in [0.25, 0.3) is 0 Å². The van der Waals surface area contributed by atoms with Gasteiger partial charge in [0.2, 0.25) is 0 Å². The molecule has 1 unspecified atom stereocenters. The molecule has 0 aromatic heterocycles. The third-order valence-corrected chi connectivity index (χ3v) is 4.97. The first kappa shape index (κ1) is 16.4. The summed E-state index contributed by atoms with van der Waals surface area (Å²) in [5, 5.41) is 3.77. The molecule has 1 heterocycles. The fourth-order valence-electron chi connectivity index (χ4n) is 3.71. The zero-order valence-electron chi connectivity index (χ0n) is 15.1. The Kier molecular flexibility index (Phi) is 3.95. The minimum Gasteiger partial charge on any atom is -0.319 e. The molecule has 1 fully saturated rings. The smallest absolute Gasteiger partial charge is 0.319 e. The van der Waals surface area contributed by atoms with Crippen LogP contribution in [0.1, 0.15) is 11.7 Å². The van der Waals surface area contributed by atoms with Gasteiger partial charge in [-0.2, -0.15) is 5.06 Å². The molecule has 1 aliphatic heterocycles. The molecule has 4 aromatic carbocycles. The first-order valence-electron chi connectivity index (χ1n) is 9.21. The highest BCUT2D eigenvalue weighted by atomic mass is 16.7. The molecule has 4 heteroatoms. The van der Waals surface area contributed by atoms with Crippen LogP contribution in [-0.4, -0.2) is 6.09 Å². The lowest BCUT2D eigenvalue weighted by molar-refractivity contribution is 0.164. The summed E-state index contributed by atoms with van der Waals surface area (Å²) in [5.74, 6) is 0. The minimum atomic E-state index is -0.401. The zero-order chi connectivity index (χ0) is 18.9. The van der Waals surface area contributed by atoms with Crippen LogP contribution in [0.5, 0.6) is 0 Å². The summed E-state index contributed by atoms with van der Waals surface area (Å²) >= 11 is 0. The number of hydroxylamine groups is 1. The zero-order valence-corrected chi connectivity index (χ0v) is 15.1. The molecule has 0 spiro atoms. The highest BCUT2D eigenvalue weighted by molar-refractivity contribution is 6.03. The molecule has 0 aliphatic carbocycles. The molecule has 0 bridgehead atoms. The van der Waals surface area contributed by atoms with E-state index in [-0.39, 0.29) is 0 Å². The number of benzene rings is 4. The Labute approximate surface area is 163 Å². The van der Waals surface area contributed by atoms with Crippen LogP contribution in [0.15, 0.2) is 103 Å². The van der Waals surface area contributed by atoms with Crippen LogP contribution in [-0.2, 0) is 4.84 Å². The van der Waals surface area contributed by atoms with E-state index >= 15 is 0 Å². The third kappa shape index (κ3) is 2.67. The van der Waals surface area contributed by atoms with Crippen LogP contribution in [0.25, 0.3) is 10.8 Å². The molecule has 1 atom stereocenters. The molecular weight excluding hydrogens is 348 g/mol. The SMILES string of the molecule is O=C1ON(c2ccccc2)C(c2ccccc2)N1c1cccc2ccccc12. The maximum Gasteiger partial charge on any atom is 0.441 e. The van der Waals surface area contributed by atoms with Gasteiger partial charge < -0.3 is 4.84 Å². The van der Waals surface area contributed by atoms with Gasteiger partial charge in [0.15, 0.2) is 6.17 Å². The Balaban J connectivity index is 1.70. The summed E-state index contributed by atoms with van der Waals surface area (Å²) in [5.41, 5.74) is 2.63. The Bertz CT molecular complexity index is 1120. The lowest BCUT2D eigenvalue weighted by Gasteiger charge is -2.28. The van der Waals surface area contributed by atoms with E-state index < -0.39 is 12.3 Å². The maximum atomic E-state index is 13.0. The number of amides is 1. The molecule has 4 nitrogen and oxygen atoms in total. The van der Waals surface area contributed by atoms with Gasteiger partial charge in [0.1, 0.15) is 0 Å². The number of anilines is 2. The minimum absolute atomic E-state index is 0.394. The van der Waals surface area contributed by atoms with Crippen molar-refractivity contribution in [2.45, 2.75) is 6.17 Å². The topological polar surface area (TPSA) is 32.8 Å². The number of carbonyl (C=O) groups excluding carboxylic acids is 1. The predicted molar refractivity (Wildman–Crippen MR) is 111 cm³/mol. The van der Waals surface area contributed by atoms with Crippen molar-refractivity contribution in [3.63, 3.8) is 0 Å². The van der Waals surface area contributed by atoms with Crippen molar-refractivity contribution >= 4 is 28.2 Å². The highest BCUT2D eigenvalue weighted by Gasteiger charge is 2.43. The maximum absolute atomic E-state index is 13.0. The molecule has 136 valence electrons. The van der Waals surface area contributed by atoms with Crippen molar-refractivity contribution < 1.29 is 9.63 Å². The first-order chi connectivity index (χ1) is 13.8. The van der Waals surface area contributed by atoms with Gasteiger partial charge in [-0.05, 0) is 29.1 Å². The lowest BCUT2D eigenvalue weighted by Crippen LogP contribution is -2.31. The van der Waals surface area contributed by atoms with E-state index in [1.165, 1.54) is 0 Å². The summed E-state index contributed by atoms with van der Waals surface area (Å²) in [6, 6.07) is 33.7. The van der Waals surface area contributed by atoms with Crippen LogP contribution in [0.2, 0.25) is 0 Å². The number of carbonyl (C=O) groups is 1. The molecule has 1 aliphatic rings. The van der Waals surface area contributed by atoms with E-state index in [0.717, 1.165) is 27.7 Å². The third-order valence-electron chi connectivity index (χ3n) is 4.97. The Hall–Kier alpha value is -3.79. The van der Waals surface area contributed by atoms with Gasteiger partial charge in [-0.1, -0.05) is 84.9 Å². The Morgan fingerprint density at radius 1 is 0.679 bits per heavy atom. The second kappa shape index (κ2) is 6.74. The van der Waals surface area contributed by atoms with Gasteiger partial charge in [0, 0.05) is 5.39 Å². The Morgan fingerprint density at radius 2 is 1.32 bits per heavy atom. The van der Waals surface area contributed by atoms with Crippen molar-refractivity contribution in [1.29, 1.82) is 0 Å². The largest absolute Gasteiger partial charge is 0.441 e. The fraction of sp³-hybridized carbons (Fsp3) is 0.0417. The standard InChI is InChI=1S/C24H18N2O2/c27-24-25(22-17-9-13-18-10-7-8-16-21(18)22)23(19-11-3-1-4-12-19)26(28-24)20-14-5-2-6-15-20/h1-17,23H. The van der Waals surface area contributed by atoms with E-state index in [1.54, 1.807) is 9.96 Å². The van der Waals surface area contributed by atoms with E-state index in [9.17, 15) is 4.79 Å². The number of rotatable bonds is 3. The Morgan fingerprint density at radius 3 is 2.11 bits per heavy atom. The number of nitrogens with zero attached hydrogens (tertiary/aromatic N) is 2. The summed E-state index contributed by atoms with van der Waals surface area (Å²) in [6.45, 7) is 0. The quantitative estimate of drug-likeness (QED) is 0.451. The van der Waals surface area contributed by atoms with Crippen molar-refractivity contribution in [3.8, 4) is 0 Å². The summed E-state index contributed by atoms with van der Waals surface area (Å²) < 4.78 is 0. The van der Waals surface area contributed by atoms with Gasteiger partial charge in [0.05, 0.1) is 11.4 Å². The molecule has 1 amide bonds. The van der Waals surface area contributed by atoms with Crippen LogP contribution in [0.4, 0.5) is 16.2 Å². The first-order valence-corrected chi connectivity index (χ1v) is 9.21. The number of hydrogen-bond acceptors (Lipinski definition) is 3. The van der Waals surface area contributed by atoms with Crippen molar-refractivity contribution in [2.75, 3.05) is 9.96 Å². The van der Waals surface area contributed by atoms with Crippen LogP contribution >= 0.6 is 0 Å². The molecule has 4 aromatic rings. The molecular formula is C24H18N2O2. The van der Waals surface area contributed by atoms with E-state index in [4.69, 9.17) is 4.84 Å². The molecule has 28 heavy (non-hydrogen) atoms. The molecule has 5 rings (SSSR count). The lowest BCUT2D eigenvalue weighted by atomic mass is 10.1. The van der Waals surface area contributed by atoms with E-state index in [1.807, 2.05) is 103 Å². The number of fused-ring (bicyclic) bond motifs is 1. The van der Waals surface area contributed by atoms with Crippen molar-refractivity contribution in [1.82, 2.24) is 0 Å². The van der Waals surface area contributed by atoms with Gasteiger partial charge in [-0.25, -0.2) is 9.69 Å². The summed E-state index contributed by atoms with van der Waals surface area (Å²) in [6.07, 6.45) is -0.795. The average Bonchev–Trinajstić information content (AvgIpc) is 3.11. The van der Waals surface area contributed by atoms with Crippen molar-refractivity contribution in [2.24, 2.45) is 0 Å². The second-order valence-corrected chi connectivity index (χ2v) is 6.67. The summed E-state index contributed by atoms with van der Waals surface area (Å²) in [7, 11) is 0. The number of hydrogen-bond donors (Lipinski definition) is 0. The van der Waals surface area contributed by atoms with Crippen LogP contribution in [0, 0.1) is 0 Å². The monoisotopic (exact) mass is 366 g/mol. The van der Waals surface area contributed by atoms with Gasteiger partial charge in [-0.15, -0.1) is 0 Å². The predicted octanol–water partition coefficient (Wildman–Crippen LogP) is 5.92. The molecule has 0 saturated carbocycles. The molecule has 0 N–H and O–H groups in total. The van der Waals surface area contributed by atoms with Crippen LogP contribution < -0.4 is 9.96 Å². The summed E-state index contributed by atoms with van der Waals surface area (Å²) in [4.78, 5) is 20.5. The normalized spacial score (nSPS) is 16.4. The van der Waals surface area contributed by atoms with E-state index in [2.05, 4.69) is 0 Å². The fourth-order valence-corrected chi connectivity index (χ4v) is 3.71. The van der Waals surface area contributed by atoms with E-state index in [0.29, 0.717) is 0 Å². The molecule has 1 saturated heterocycles. The second-order valence-electron chi connectivity index (χ2n) is 6.67. The number of para-hydroxylation sites is 1. The average molecular weight is 366 g/mol. The highest BCUT2D eigenvalue weighted by Crippen LogP contribution is 2.41. The molecule has 0 radical (unpaired) electrons.